The molecule has 5 rings (SSSR count). The van der Waals surface area contributed by atoms with Crippen LogP contribution in [-0.2, 0) is 9.53 Å². The van der Waals surface area contributed by atoms with E-state index in [1.165, 1.54) is 11.0 Å². The van der Waals surface area contributed by atoms with Crippen LogP contribution in [0.15, 0.2) is 59.1 Å². The number of carbonyl (C=O) groups excluding carboxylic acids is 2. The number of anilines is 1. The van der Waals surface area contributed by atoms with Gasteiger partial charge in [-0.2, -0.15) is 0 Å². The Labute approximate surface area is 195 Å². The van der Waals surface area contributed by atoms with Crippen molar-refractivity contribution in [3.63, 3.8) is 0 Å². The molecule has 9 heteroatoms. The second-order valence-corrected chi connectivity index (χ2v) is 8.50. The number of carboxylic acid groups (broad SMARTS) is 1. The Morgan fingerprint density at radius 2 is 1.76 bits per heavy atom. The summed E-state index contributed by atoms with van der Waals surface area (Å²) in [6.07, 6.45) is -0.345. The SMILES string of the molecule is CC1C(C(=O)O)CCN1C(=O)c1cc(NC(=O)OCC2c3ccccc3-c3ccccc32)on1. The first-order valence-electron chi connectivity index (χ1n) is 11.1. The van der Waals surface area contributed by atoms with Crippen molar-refractivity contribution in [2.75, 3.05) is 18.5 Å². The first-order chi connectivity index (χ1) is 16.4. The fourth-order valence-electron chi connectivity index (χ4n) is 4.87. The minimum Gasteiger partial charge on any atom is -0.481 e. The second kappa shape index (κ2) is 8.66. The van der Waals surface area contributed by atoms with Crippen LogP contribution in [0.3, 0.4) is 0 Å². The number of aromatic nitrogens is 1. The summed E-state index contributed by atoms with van der Waals surface area (Å²) >= 11 is 0. The minimum atomic E-state index is -0.930. The summed E-state index contributed by atoms with van der Waals surface area (Å²) in [6.45, 7) is 2.15. The Kier molecular flexibility index (Phi) is 5.53. The van der Waals surface area contributed by atoms with E-state index in [0.29, 0.717) is 13.0 Å². The number of carboxylic acids is 1. The van der Waals surface area contributed by atoms with Crippen LogP contribution in [0.4, 0.5) is 10.7 Å². The summed E-state index contributed by atoms with van der Waals surface area (Å²) in [6, 6.07) is 16.9. The number of carbonyl (C=O) groups is 3. The van der Waals surface area contributed by atoms with Gasteiger partial charge in [-0.15, -0.1) is 0 Å². The highest BCUT2D eigenvalue weighted by atomic mass is 16.6. The molecule has 1 saturated heterocycles. The maximum absolute atomic E-state index is 12.7. The zero-order valence-electron chi connectivity index (χ0n) is 18.4. The number of amides is 2. The summed E-state index contributed by atoms with van der Waals surface area (Å²) < 4.78 is 10.6. The van der Waals surface area contributed by atoms with E-state index in [2.05, 4.69) is 22.6 Å². The smallest absolute Gasteiger partial charge is 0.414 e. The van der Waals surface area contributed by atoms with E-state index >= 15 is 0 Å². The highest BCUT2D eigenvalue weighted by Crippen LogP contribution is 2.44. The maximum Gasteiger partial charge on any atom is 0.414 e. The minimum absolute atomic E-state index is 0.00756. The van der Waals surface area contributed by atoms with E-state index in [1.807, 2.05) is 36.4 Å². The molecule has 1 fully saturated rings. The summed E-state index contributed by atoms with van der Waals surface area (Å²) in [5, 5.41) is 15.5. The van der Waals surface area contributed by atoms with Gasteiger partial charge in [-0.05, 0) is 35.6 Å². The summed E-state index contributed by atoms with van der Waals surface area (Å²) in [5.74, 6) is -2.10. The molecular formula is C25H23N3O6. The molecule has 1 aromatic heterocycles. The second-order valence-electron chi connectivity index (χ2n) is 8.50. The van der Waals surface area contributed by atoms with Crippen molar-refractivity contribution in [3.8, 4) is 11.1 Å². The third-order valence-electron chi connectivity index (χ3n) is 6.63. The fourth-order valence-corrected chi connectivity index (χ4v) is 4.87. The Bertz CT molecular complexity index is 1220. The molecule has 2 atom stereocenters. The average molecular weight is 461 g/mol. The number of aliphatic carboxylic acids is 1. The molecule has 2 aliphatic rings. The maximum atomic E-state index is 12.7. The van der Waals surface area contributed by atoms with Crippen molar-refractivity contribution < 1.29 is 28.8 Å². The molecule has 2 amide bonds. The molecule has 0 saturated carbocycles. The molecule has 2 aromatic carbocycles. The average Bonchev–Trinajstić information content (AvgIpc) is 3.53. The monoisotopic (exact) mass is 461 g/mol. The number of benzene rings is 2. The molecule has 0 radical (unpaired) electrons. The number of hydrogen-bond acceptors (Lipinski definition) is 6. The van der Waals surface area contributed by atoms with Crippen LogP contribution >= 0.6 is 0 Å². The molecule has 0 spiro atoms. The lowest BCUT2D eigenvalue weighted by Crippen LogP contribution is -2.37. The largest absolute Gasteiger partial charge is 0.481 e. The Balaban J connectivity index is 1.21. The Morgan fingerprint density at radius 3 is 2.38 bits per heavy atom. The third-order valence-corrected chi connectivity index (χ3v) is 6.63. The van der Waals surface area contributed by atoms with Gasteiger partial charge in [-0.1, -0.05) is 53.7 Å². The first-order valence-corrected chi connectivity index (χ1v) is 11.1. The summed E-state index contributed by atoms with van der Waals surface area (Å²) in [4.78, 5) is 37.9. The summed E-state index contributed by atoms with van der Waals surface area (Å²) in [5.41, 5.74) is 4.46. The molecule has 1 aliphatic carbocycles. The highest BCUT2D eigenvalue weighted by Gasteiger charge is 2.39. The lowest BCUT2D eigenvalue weighted by atomic mass is 9.98. The van der Waals surface area contributed by atoms with Crippen molar-refractivity contribution >= 4 is 23.9 Å². The molecule has 2 N–H and O–H groups in total. The Hall–Kier alpha value is -4.14. The molecule has 0 bridgehead atoms. The van der Waals surface area contributed by atoms with Crippen molar-refractivity contribution in [2.24, 2.45) is 5.92 Å². The molecular weight excluding hydrogens is 438 g/mol. The van der Waals surface area contributed by atoms with Gasteiger partial charge in [-0.25, -0.2) is 4.79 Å². The van der Waals surface area contributed by atoms with Gasteiger partial charge in [0, 0.05) is 24.6 Å². The van der Waals surface area contributed by atoms with Gasteiger partial charge in [0.1, 0.15) is 6.61 Å². The molecule has 34 heavy (non-hydrogen) atoms. The van der Waals surface area contributed by atoms with E-state index in [4.69, 9.17) is 9.26 Å². The fraction of sp³-hybridized carbons (Fsp3) is 0.280. The Morgan fingerprint density at radius 1 is 1.12 bits per heavy atom. The van der Waals surface area contributed by atoms with Gasteiger partial charge in [-0.3, -0.25) is 14.9 Å². The van der Waals surface area contributed by atoms with E-state index in [9.17, 15) is 19.5 Å². The number of rotatable bonds is 5. The van der Waals surface area contributed by atoms with Gasteiger partial charge in [0.2, 0.25) is 5.88 Å². The molecule has 9 nitrogen and oxygen atoms in total. The van der Waals surface area contributed by atoms with Crippen LogP contribution in [0, 0.1) is 5.92 Å². The van der Waals surface area contributed by atoms with Crippen LogP contribution in [0.25, 0.3) is 11.1 Å². The van der Waals surface area contributed by atoms with Gasteiger partial charge in [0.15, 0.2) is 5.69 Å². The van der Waals surface area contributed by atoms with Crippen LogP contribution in [0.1, 0.15) is 40.9 Å². The van der Waals surface area contributed by atoms with Gasteiger partial charge in [0.25, 0.3) is 5.91 Å². The quantitative estimate of drug-likeness (QED) is 0.589. The topological polar surface area (TPSA) is 122 Å². The lowest BCUT2D eigenvalue weighted by Gasteiger charge is -2.21. The number of likely N-dealkylation sites (tertiary alicyclic amines) is 1. The first kappa shape index (κ1) is 21.7. The van der Waals surface area contributed by atoms with Gasteiger partial charge >= 0.3 is 12.1 Å². The molecule has 3 aromatic rings. The van der Waals surface area contributed by atoms with Crippen molar-refractivity contribution in [1.29, 1.82) is 0 Å². The highest BCUT2D eigenvalue weighted by molar-refractivity contribution is 5.94. The molecule has 2 unspecified atom stereocenters. The van der Waals surface area contributed by atoms with Crippen molar-refractivity contribution in [2.45, 2.75) is 25.3 Å². The van der Waals surface area contributed by atoms with Crippen LogP contribution < -0.4 is 5.32 Å². The predicted molar refractivity (Wildman–Crippen MR) is 121 cm³/mol. The summed E-state index contributed by atoms with van der Waals surface area (Å²) in [7, 11) is 0. The van der Waals surface area contributed by atoms with Crippen molar-refractivity contribution in [1.82, 2.24) is 10.1 Å². The zero-order valence-corrected chi connectivity index (χ0v) is 18.4. The van der Waals surface area contributed by atoms with Crippen molar-refractivity contribution in [3.05, 3.63) is 71.4 Å². The van der Waals surface area contributed by atoms with Gasteiger partial charge in [0.05, 0.1) is 5.92 Å². The number of ether oxygens (including phenoxy) is 1. The number of fused-ring (bicyclic) bond motifs is 3. The van der Waals surface area contributed by atoms with E-state index in [0.717, 1.165) is 22.3 Å². The van der Waals surface area contributed by atoms with E-state index in [1.54, 1.807) is 6.92 Å². The molecule has 1 aliphatic heterocycles. The normalized spacial score (nSPS) is 18.9. The number of nitrogens with zero attached hydrogens (tertiary/aromatic N) is 2. The standard InChI is InChI=1S/C25H23N3O6/c1-14-15(24(30)31)10-11-28(14)23(29)21-12-22(34-27-21)26-25(32)33-13-20-18-8-4-2-6-16(18)17-7-3-5-9-19(17)20/h2-9,12,14-15,20H,10-11,13H2,1H3,(H,26,32)(H,30,31). The lowest BCUT2D eigenvalue weighted by molar-refractivity contribution is -0.142. The molecule has 2 heterocycles. The van der Waals surface area contributed by atoms with Crippen LogP contribution in [0.2, 0.25) is 0 Å². The van der Waals surface area contributed by atoms with Gasteiger partial charge < -0.3 is 19.3 Å². The van der Waals surface area contributed by atoms with E-state index < -0.39 is 29.9 Å². The van der Waals surface area contributed by atoms with Crippen LogP contribution in [-0.4, -0.2) is 52.3 Å². The number of hydrogen-bond donors (Lipinski definition) is 2. The molecule has 174 valence electrons. The third kappa shape index (κ3) is 3.79. The predicted octanol–water partition coefficient (Wildman–Crippen LogP) is 3.97. The van der Waals surface area contributed by atoms with E-state index in [-0.39, 0.29) is 24.1 Å². The van der Waals surface area contributed by atoms with Crippen LogP contribution in [0.5, 0.6) is 0 Å². The number of nitrogens with one attached hydrogen (secondary N) is 1. The zero-order chi connectivity index (χ0) is 23.8.